The van der Waals surface area contributed by atoms with Crippen LogP contribution in [0, 0.1) is 5.92 Å². The number of amides is 1. The maximum atomic E-state index is 12.3. The van der Waals surface area contributed by atoms with Crippen LogP contribution in [0.5, 0.6) is 0 Å². The lowest BCUT2D eigenvalue weighted by Crippen LogP contribution is -2.55. The third-order valence-corrected chi connectivity index (χ3v) is 4.85. The number of carbonyl (C=O) groups excluding carboxylic acids is 1. The quantitative estimate of drug-likeness (QED) is 0.880. The van der Waals surface area contributed by atoms with Gasteiger partial charge in [-0.15, -0.1) is 0 Å². The number of aliphatic carboxylic acids is 1. The molecule has 1 aromatic rings. The molecule has 3 unspecified atom stereocenters. The molecular weight excluding hydrogens is 329 g/mol. The van der Waals surface area contributed by atoms with Gasteiger partial charge in [0.15, 0.2) is 5.54 Å². The summed E-state index contributed by atoms with van der Waals surface area (Å²) in [7, 11) is 0. The lowest BCUT2D eigenvalue weighted by atomic mass is 9.98. The van der Waals surface area contributed by atoms with Gasteiger partial charge in [0.25, 0.3) is 0 Å². The highest BCUT2D eigenvalue weighted by molar-refractivity contribution is 6.35. The summed E-state index contributed by atoms with van der Waals surface area (Å²) in [5.41, 5.74) is -0.424. The summed E-state index contributed by atoms with van der Waals surface area (Å²) in [6.07, 6.45) is 0.941. The number of hydrogen-bond acceptors (Lipinski definition) is 3. The van der Waals surface area contributed by atoms with Gasteiger partial charge in [-0.2, -0.15) is 0 Å². The highest BCUT2D eigenvalue weighted by Gasteiger charge is 2.50. The van der Waals surface area contributed by atoms with Crippen LogP contribution in [-0.2, 0) is 14.3 Å². The van der Waals surface area contributed by atoms with Gasteiger partial charge in [-0.1, -0.05) is 29.3 Å². The first-order chi connectivity index (χ1) is 10.4. The average Bonchev–Trinajstić information content (AvgIpc) is 3.10. The lowest BCUT2D eigenvalue weighted by Gasteiger charge is -2.23. The van der Waals surface area contributed by atoms with Crippen molar-refractivity contribution in [3.05, 3.63) is 33.8 Å². The van der Waals surface area contributed by atoms with E-state index < -0.39 is 11.5 Å². The minimum Gasteiger partial charge on any atom is -0.479 e. The number of hydrogen-bond donors (Lipinski definition) is 2. The van der Waals surface area contributed by atoms with Gasteiger partial charge in [-0.3, -0.25) is 4.79 Å². The number of carboxylic acids is 1. The molecule has 1 aromatic carbocycles. The Bertz CT molecular complexity index is 628. The maximum Gasteiger partial charge on any atom is 0.331 e. The molecule has 22 heavy (non-hydrogen) atoms. The van der Waals surface area contributed by atoms with Crippen LogP contribution in [0.2, 0.25) is 10.0 Å². The predicted molar refractivity (Wildman–Crippen MR) is 81.3 cm³/mol. The molecule has 2 N–H and O–H groups in total. The predicted octanol–water partition coefficient (Wildman–Crippen LogP) is 2.46. The van der Waals surface area contributed by atoms with Gasteiger partial charge in [0, 0.05) is 29.0 Å². The fraction of sp³-hybridized carbons (Fsp3) is 0.467. The minimum absolute atomic E-state index is 0.00710. The Kier molecular flexibility index (Phi) is 4.05. The molecule has 1 aliphatic carbocycles. The van der Waals surface area contributed by atoms with Crippen LogP contribution in [0.4, 0.5) is 0 Å². The van der Waals surface area contributed by atoms with Gasteiger partial charge in [0.1, 0.15) is 0 Å². The molecule has 1 aliphatic heterocycles. The molecule has 3 atom stereocenters. The van der Waals surface area contributed by atoms with Crippen molar-refractivity contribution in [2.45, 2.75) is 24.3 Å². The van der Waals surface area contributed by atoms with Crippen molar-refractivity contribution >= 4 is 35.1 Å². The van der Waals surface area contributed by atoms with Crippen molar-refractivity contribution in [1.29, 1.82) is 0 Å². The standard InChI is InChI=1S/C15H15Cl2NO4/c16-8-1-2-9(12(17)5-8)10-6-11(10)13(19)18-15(14(20)21)3-4-22-7-15/h1-2,5,10-11H,3-4,6-7H2,(H,18,19)(H,20,21). The van der Waals surface area contributed by atoms with Crippen LogP contribution in [-0.4, -0.2) is 35.7 Å². The summed E-state index contributed by atoms with van der Waals surface area (Å²) in [4.78, 5) is 23.7. The van der Waals surface area contributed by atoms with Gasteiger partial charge < -0.3 is 15.2 Å². The average molecular weight is 344 g/mol. The molecule has 1 amide bonds. The van der Waals surface area contributed by atoms with Crippen molar-refractivity contribution in [3.63, 3.8) is 0 Å². The number of nitrogens with one attached hydrogen (secondary N) is 1. The van der Waals surface area contributed by atoms with E-state index in [1.165, 1.54) is 0 Å². The third kappa shape index (κ3) is 2.81. The first kappa shape index (κ1) is 15.6. The Labute approximate surface area is 137 Å². The highest BCUT2D eigenvalue weighted by atomic mass is 35.5. The van der Waals surface area contributed by atoms with E-state index in [0.717, 1.165) is 5.56 Å². The zero-order chi connectivity index (χ0) is 15.9. The fourth-order valence-corrected chi connectivity index (χ4v) is 3.39. The second-order valence-corrected chi connectivity index (χ2v) is 6.64. The van der Waals surface area contributed by atoms with Crippen molar-refractivity contribution in [3.8, 4) is 0 Å². The van der Waals surface area contributed by atoms with E-state index in [1.54, 1.807) is 12.1 Å². The smallest absolute Gasteiger partial charge is 0.331 e. The molecule has 0 aromatic heterocycles. The van der Waals surface area contributed by atoms with Crippen molar-refractivity contribution in [1.82, 2.24) is 5.32 Å². The summed E-state index contributed by atoms with van der Waals surface area (Å²) >= 11 is 12.0. The van der Waals surface area contributed by atoms with Gasteiger partial charge in [0.2, 0.25) is 5.91 Å². The van der Waals surface area contributed by atoms with Crippen LogP contribution < -0.4 is 5.32 Å². The van der Waals surface area contributed by atoms with Crippen LogP contribution in [0.25, 0.3) is 0 Å². The van der Waals surface area contributed by atoms with Gasteiger partial charge in [0.05, 0.1) is 6.61 Å². The molecule has 0 radical (unpaired) electrons. The Morgan fingerprint density at radius 3 is 2.73 bits per heavy atom. The number of ether oxygens (including phenoxy) is 1. The van der Waals surface area contributed by atoms with E-state index in [9.17, 15) is 14.7 Å². The van der Waals surface area contributed by atoms with Crippen molar-refractivity contribution < 1.29 is 19.4 Å². The van der Waals surface area contributed by atoms with Gasteiger partial charge in [-0.25, -0.2) is 4.79 Å². The van der Waals surface area contributed by atoms with E-state index in [4.69, 9.17) is 27.9 Å². The van der Waals surface area contributed by atoms with E-state index in [1.807, 2.05) is 6.07 Å². The Morgan fingerprint density at radius 2 is 2.14 bits per heavy atom. The number of rotatable bonds is 4. The summed E-state index contributed by atoms with van der Waals surface area (Å²) < 4.78 is 5.14. The van der Waals surface area contributed by atoms with Gasteiger partial charge in [-0.05, 0) is 30.0 Å². The second kappa shape index (κ2) is 5.72. The van der Waals surface area contributed by atoms with E-state index in [0.29, 0.717) is 23.1 Å². The monoisotopic (exact) mass is 343 g/mol. The Balaban J connectivity index is 1.69. The van der Waals surface area contributed by atoms with Gasteiger partial charge >= 0.3 is 5.97 Å². The number of carboxylic acid groups (broad SMARTS) is 1. The number of carbonyl (C=O) groups is 2. The summed E-state index contributed by atoms with van der Waals surface area (Å²) in [5, 5.41) is 13.1. The Hall–Kier alpha value is -1.30. The molecular formula is C15H15Cl2NO4. The Morgan fingerprint density at radius 1 is 1.36 bits per heavy atom. The van der Waals surface area contributed by atoms with Crippen molar-refractivity contribution in [2.24, 2.45) is 5.92 Å². The topological polar surface area (TPSA) is 75.6 Å². The third-order valence-electron chi connectivity index (χ3n) is 4.28. The minimum atomic E-state index is -1.30. The SMILES string of the molecule is O=C(NC1(C(=O)O)CCOC1)C1CC1c1ccc(Cl)cc1Cl. The molecule has 2 fully saturated rings. The fourth-order valence-electron chi connectivity index (χ4n) is 2.84. The molecule has 1 saturated heterocycles. The largest absolute Gasteiger partial charge is 0.479 e. The second-order valence-electron chi connectivity index (χ2n) is 5.79. The van der Waals surface area contributed by atoms with E-state index >= 15 is 0 Å². The summed E-state index contributed by atoms with van der Waals surface area (Å²) in [5.74, 6) is -1.56. The molecule has 2 aliphatic rings. The number of benzene rings is 1. The van der Waals surface area contributed by atoms with Crippen LogP contribution in [0.1, 0.15) is 24.3 Å². The molecule has 1 saturated carbocycles. The summed E-state index contributed by atoms with van der Waals surface area (Å²) in [6.45, 7) is 0.344. The highest BCUT2D eigenvalue weighted by Crippen LogP contribution is 2.50. The van der Waals surface area contributed by atoms with Crippen LogP contribution in [0.3, 0.4) is 0 Å². The molecule has 7 heteroatoms. The molecule has 0 spiro atoms. The zero-order valence-electron chi connectivity index (χ0n) is 11.6. The molecule has 0 bridgehead atoms. The number of halogens is 2. The van der Waals surface area contributed by atoms with Crippen molar-refractivity contribution in [2.75, 3.05) is 13.2 Å². The summed E-state index contributed by atoms with van der Waals surface area (Å²) in [6, 6.07) is 5.20. The lowest BCUT2D eigenvalue weighted by molar-refractivity contribution is -0.147. The maximum absolute atomic E-state index is 12.3. The van der Waals surface area contributed by atoms with E-state index in [-0.39, 0.29) is 30.8 Å². The normalized spacial score (nSPS) is 30.1. The molecule has 5 nitrogen and oxygen atoms in total. The molecule has 118 valence electrons. The first-order valence-corrected chi connectivity index (χ1v) is 7.77. The van der Waals surface area contributed by atoms with Crippen LogP contribution in [0.15, 0.2) is 18.2 Å². The zero-order valence-corrected chi connectivity index (χ0v) is 13.2. The molecule has 3 rings (SSSR count). The van der Waals surface area contributed by atoms with E-state index in [2.05, 4.69) is 5.32 Å². The van der Waals surface area contributed by atoms with Crippen LogP contribution >= 0.6 is 23.2 Å². The first-order valence-electron chi connectivity index (χ1n) is 7.01. The molecule has 1 heterocycles.